The first-order chi connectivity index (χ1) is 12.6. The van der Waals surface area contributed by atoms with Gasteiger partial charge < -0.3 is 14.7 Å². The lowest BCUT2D eigenvalue weighted by Gasteiger charge is -2.41. The molecule has 0 aliphatic carbocycles. The fourth-order valence-electron chi connectivity index (χ4n) is 3.09. The molecule has 8 nitrogen and oxygen atoms in total. The van der Waals surface area contributed by atoms with Crippen molar-refractivity contribution in [1.29, 1.82) is 0 Å². The smallest absolute Gasteiger partial charge is 0.329 e. The summed E-state index contributed by atoms with van der Waals surface area (Å²) in [5.41, 5.74) is -1.69. The number of carboxylic acids is 1. The molecule has 1 unspecified atom stereocenters. The summed E-state index contributed by atoms with van der Waals surface area (Å²) in [7, 11) is 0. The van der Waals surface area contributed by atoms with E-state index in [-0.39, 0.29) is 49.5 Å². The van der Waals surface area contributed by atoms with Gasteiger partial charge in [-0.25, -0.2) is 22.5 Å². The lowest BCUT2D eigenvalue weighted by Crippen LogP contribution is -2.47. The molecule has 27 heavy (non-hydrogen) atoms. The van der Waals surface area contributed by atoms with Gasteiger partial charge in [-0.15, -0.1) is 0 Å². The fraction of sp³-hybridized carbons (Fsp3) is 0.500. The maximum atomic E-state index is 14.7. The molecule has 2 rings (SSSR count). The number of rotatable bonds is 7. The number of carboxylic acid groups (broad SMARTS) is 1. The van der Waals surface area contributed by atoms with Gasteiger partial charge in [0.15, 0.2) is 0 Å². The Kier molecular flexibility index (Phi) is 6.98. The molecule has 0 aromatic heterocycles. The quantitative estimate of drug-likeness (QED) is 0.585. The maximum absolute atomic E-state index is 14.7. The van der Waals surface area contributed by atoms with Crippen LogP contribution in [0.5, 0.6) is 0 Å². The highest BCUT2D eigenvalue weighted by atomic mass is 32.2. The van der Waals surface area contributed by atoms with Gasteiger partial charge in [0, 0.05) is 37.7 Å². The Balaban J connectivity index is 2.35. The zero-order valence-corrected chi connectivity index (χ0v) is 15.4. The Bertz CT molecular complexity index is 753. The molecule has 1 heterocycles. The first-order valence-corrected chi connectivity index (χ1v) is 9.19. The zero-order chi connectivity index (χ0) is 20.2. The lowest BCUT2D eigenvalue weighted by atomic mass is 9.83. The Labute approximate surface area is 156 Å². The van der Waals surface area contributed by atoms with Gasteiger partial charge in [-0.3, -0.25) is 9.35 Å². The Morgan fingerprint density at radius 3 is 2.44 bits per heavy atom. The van der Waals surface area contributed by atoms with Crippen molar-refractivity contribution in [3.05, 3.63) is 34.9 Å². The average molecular weight is 406 g/mol. The molecule has 1 aromatic carbocycles. The monoisotopic (exact) mass is 406 g/mol. The maximum Gasteiger partial charge on any atom is 0.329 e. The summed E-state index contributed by atoms with van der Waals surface area (Å²) in [5.74, 6) is -3.07. The first kappa shape index (κ1) is 21.4. The number of hydrogen-bond acceptors (Lipinski definition) is 4. The summed E-state index contributed by atoms with van der Waals surface area (Å²) in [5, 5.41) is 8.92. The van der Waals surface area contributed by atoms with Gasteiger partial charge in [0.05, 0.1) is 0 Å². The van der Waals surface area contributed by atoms with Crippen LogP contribution < -0.4 is 4.72 Å². The molecule has 1 saturated heterocycles. The summed E-state index contributed by atoms with van der Waals surface area (Å²) in [6.07, 6.45) is 0.211. The van der Waals surface area contributed by atoms with Crippen LogP contribution in [0.3, 0.4) is 0 Å². The van der Waals surface area contributed by atoms with E-state index in [4.69, 9.17) is 14.4 Å². The van der Waals surface area contributed by atoms with E-state index in [0.29, 0.717) is 0 Å². The van der Waals surface area contributed by atoms with E-state index < -0.39 is 41.1 Å². The molecule has 0 saturated carbocycles. The van der Waals surface area contributed by atoms with E-state index in [1.165, 1.54) is 11.8 Å². The molecule has 1 amide bonds. The summed E-state index contributed by atoms with van der Waals surface area (Å²) < 4.78 is 56.0. The molecule has 1 aromatic rings. The Morgan fingerprint density at radius 1 is 1.30 bits per heavy atom. The number of aliphatic carboxylic acids is 1. The zero-order valence-electron chi connectivity index (χ0n) is 14.5. The van der Waals surface area contributed by atoms with Crippen molar-refractivity contribution in [3.8, 4) is 0 Å². The van der Waals surface area contributed by atoms with Crippen LogP contribution in [-0.4, -0.2) is 50.3 Å². The molecular formula is C16H20F2N2O6S. The molecule has 1 aliphatic heterocycles. The number of nitrogens with zero attached hydrogens (tertiary/aromatic N) is 1. The van der Waals surface area contributed by atoms with E-state index >= 15 is 0 Å². The number of halogens is 2. The van der Waals surface area contributed by atoms with E-state index in [2.05, 4.69) is 4.72 Å². The van der Waals surface area contributed by atoms with Crippen LogP contribution >= 0.6 is 0 Å². The van der Waals surface area contributed by atoms with Crippen molar-refractivity contribution < 1.29 is 37.0 Å². The van der Waals surface area contributed by atoms with Crippen molar-refractivity contribution in [2.24, 2.45) is 0 Å². The second-order valence-corrected chi connectivity index (χ2v) is 6.96. The summed E-state index contributed by atoms with van der Waals surface area (Å²) in [4.78, 5) is 24.0. The van der Waals surface area contributed by atoms with Gasteiger partial charge in [-0.1, -0.05) is 0 Å². The Hall–Kier alpha value is -1.95. The number of piperidine rings is 1. The van der Waals surface area contributed by atoms with Crippen LogP contribution in [0.2, 0.25) is 0 Å². The van der Waals surface area contributed by atoms with E-state index in [9.17, 15) is 22.6 Å². The largest absolute Gasteiger partial charge is 0.480 e. The lowest BCUT2D eigenvalue weighted by molar-refractivity contribution is -0.158. The van der Waals surface area contributed by atoms with Crippen molar-refractivity contribution >= 4 is 23.1 Å². The van der Waals surface area contributed by atoms with Crippen LogP contribution in [0.1, 0.15) is 30.9 Å². The second-order valence-electron chi connectivity index (χ2n) is 6.18. The predicted molar refractivity (Wildman–Crippen MR) is 90.7 cm³/mol. The fourth-order valence-corrected chi connectivity index (χ4v) is 3.37. The number of benzene rings is 1. The van der Waals surface area contributed by atoms with Crippen molar-refractivity contribution in [1.82, 2.24) is 9.62 Å². The van der Waals surface area contributed by atoms with E-state index in [1.807, 2.05) is 0 Å². The van der Waals surface area contributed by atoms with Gasteiger partial charge >= 0.3 is 5.97 Å². The predicted octanol–water partition coefficient (Wildman–Crippen LogP) is 1.13. The van der Waals surface area contributed by atoms with Gasteiger partial charge in [0.1, 0.15) is 23.8 Å². The number of amides is 1. The molecule has 0 bridgehead atoms. The van der Waals surface area contributed by atoms with Crippen LogP contribution in [0, 0.1) is 11.6 Å². The van der Waals surface area contributed by atoms with Crippen molar-refractivity contribution in [2.75, 3.05) is 19.7 Å². The van der Waals surface area contributed by atoms with E-state index in [0.717, 1.165) is 12.1 Å². The molecule has 1 atom stereocenters. The van der Waals surface area contributed by atoms with Crippen molar-refractivity contribution in [2.45, 2.75) is 31.9 Å². The summed E-state index contributed by atoms with van der Waals surface area (Å²) in [6.45, 7) is 0.741. The number of nitrogens with one attached hydrogen (secondary N) is 1. The van der Waals surface area contributed by atoms with Crippen LogP contribution in [0.4, 0.5) is 8.78 Å². The molecular weight excluding hydrogens is 386 g/mol. The van der Waals surface area contributed by atoms with Crippen molar-refractivity contribution in [3.63, 3.8) is 0 Å². The van der Waals surface area contributed by atoms with Gasteiger partial charge in [-0.05, 0) is 25.0 Å². The summed E-state index contributed by atoms with van der Waals surface area (Å²) >= 11 is -2.38. The minimum absolute atomic E-state index is 0.106. The number of carbonyl (C=O) groups is 2. The molecule has 1 fully saturated rings. The number of hydrogen-bond donors (Lipinski definition) is 3. The normalized spacial score (nSPS) is 17.6. The topological polar surface area (TPSA) is 116 Å². The van der Waals surface area contributed by atoms with Gasteiger partial charge in [-0.2, -0.15) is 0 Å². The highest BCUT2D eigenvalue weighted by Crippen LogP contribution is 2.39. The molecule has 0 radical (unpaired) electrons. The number of ether oxygens (including phenoxy) is 1. The molecule has 150 valence electrons. The third-order valence-corrected chi connectivity index (χ3v) is 4.89. The Morgan fingerprint density at radius 2 is 1.93 bits per heavy atom. The highest BCUT2D eigenvalue weighted by molar-refractivity contribution is 7.77. The minimum atomic E-state index is -2.38. The highest BCUT2D eigenvalue weighted by Gasteiger charge is 2.41. The van der Waals surface area contributed by atoms with E-state index in [1.54, 1.807) is 0 Å². The first-order valence-electron chi connectivity index (χ1n) is 8.08. The molecule has 0 spiro atoms. The van der Waals surface area contributed by atoms with Crippen LogP contribution in [0.25, 0.3) is 0 Å². The SMILES string of the molecule is CC(=O)N1CCC(OCC(=O)O)(c2cc(F)c(CNS(=O)O)cc2F)CC1. The van der Waals surface area contributed by atoms with Crippen LogP contribution in [-0.2, 0) is 37.7 Å². The molecule has 11 heteroatoms. The molecule has 3 N–H and O–H groups in total. The third-order valence-electron chi connectivity index (χ3n) is 4.50. The minimum Gasteiger partial charge on any atom is -0.480 e. The molecule has 1 aliphatic rings. The standard InChI is InChI=1S/C16H20F2N2O6S/c1-10(21)20-4-2-16(3-5-20,26-9-15(22)23)12-7-13(17)11(6-14(12)18)8-19-27(24)25/h6-7,19H,2-5,8-9H2,1H3,(H,22,23)(H,24,25). The third kappa shape index (κ3) is 5.28. The number of likely N-dealkylation sites (tertiary alicyclic amines) is 1. The number of carbonyl (C=O) groups excluding carboxylic acids is 1. The van der Waals surface area contributed by atoms with Crippen LogP contribution in [0.15, 0.2) is 12.1 Å². The summed E-state index contributed by atoms with van der Waals surface area (Å²) in [6, 6.07) is 1.80. The second kappa shape index (κ2) is 8.83. The van der Waals surface area contributed by atoms with Gasteiger partial charge in [0.25, 0.3) is 0 Å². The van der Waals surface area contributed by atoms with Gasteiger partial charge in [0.2, 0.25) is 17.2 Å². The average Bonchev–Trinajstić information content (AvgIpc) is 2.60.